The van der Waals surface area contributed by atoms with Gasteiger partial charge >= 0.3 is 11.9 Å². The van der Waals surface area contributed by atoms with E-state index in [4.69, 9.17) is 5.11 Å². The van der Waals surface area contributed by atoms with Crippen LogP contribution in [-0.4, -0.2) is 35.7 Å². The fourth-order valence-corrected chi connectivity index (χ4v) is 0.811. The number of carbonyl (C=O) groups excluding carboxylic acids is 3. The number of carbonyl (C=O) groups is 4. The molecule has 0 unspecified atom stereocenters. The van der Waals surface area contributed by atoms with Crippen molar-refractivity contribution in [1.29, 1.82) is 0 Å². The fraction of sp³-hybridized carbons (Fsp3) is 0.636. The molecular formula is C11H18O6. The quantitative estimate of drug-likeness (QED) is 0.554. The molecule has 6 heteroatoms. The number of methoxy groups -OCH3 is 1. The smallest absolute Gasteiger partial charge is 0.313 e. The zero-order valence-electron chi connectivity index (χ0n) is 10.3. The highest BCUT2D eigenvalue weighted by atomic mass is 16.5. The van der Waals surface area contributed by atoms with Gasteiger partial charge in [0.15, 0.2) is 0 Å². The van der Waals surface area contributed by atoms with Gasteiger partial charge in [-0.1, -0.05) is 6.92 Å². The molecule has 17 heavy (non-hydrogen) atoms. The predicted molar refractivity (Wildman–Crippen MR) is 59.5 cm³/mol. The third-order valence-electron chi connectivity index (χ3n) is 1.50. The van der Waals surface area contributed by atoms with E-state index in [1.807, 2.05) is 6.92 Å². The Morgan fingerprint density at radius 1 is 1.12 bits per heavy atom. The van der Waals surface area contributed by atoms with Crippen LogP contribution in [0.15, 0.2) is 0 Å². The molecule has 0 aliphatic heterocycles. The molecule has 0 spiro atoms. The highest BCUT2D eigenvalue weighted by molar-refractivity contribution is 5.94. The van der Waals surface area contributed by atoms with E-state index in [-0.39, 0.29) is 24.4 Å². The van der Waals surface area contributed by atoms with Gasteiger partial charge in [0, 0.05) is 6.42 Å². The van der Waals surface area contributed by atoms with E-state index >= 15 is 0 Å². The molecule has 0 fully saturated rings. The SMILES string of the molecule is CCCC(=O)CC(=O)O.COC(=O)CC(C)=O. The Morgan fingerprint density at radius 3 is 1.88 bits per heavy atom. The number of rotatable bonds is 6. The minimum Gasteiger partial charge on any atom is -0.481 e. The number of esters is 1. The summed E-state index contributed by atoms with van der Waals surface area (Å²) in [6.45, 7) is 3.19. The summed E-state index contributed by atoms with van der Waals surface area (Å²) in [6.07, 6.45) is 0.669. The molecule has 1 N–H and O–H groups in total. The number of Topliss-reactive ketones (excluding diaryl/α,β-unsaturated/α-hetero) is 2. The number of carboxylic acid groups (broad SMARTS) is 1. The van der Waals surface area contributed by atoms with Gasteiger partial charge in [0.2, 0.25) is 0 Å². The molecule has 6 nitrogen and oxygen atoms in total. The molecule has 0 aliphatic carbocycles. The highest BCUT2D eigenvalue weighted by Crippen LogP contribution is 1.92. The van der Waals surface area contributed by atoms with Gasteiger partial charge in [-0.2, -0.15) is 0 Å². The molecule has 0 aromatic carbocycles. The molecule has 0 bridgehead atoms. The van der Waals surface area contributed by atoms with Crippen LogP contribution in [0, 0.1) is 0 Å². The van der Waals surface area contributed by atoms with E-state index in [1.165, 1.54) is 14.0 Å². The van der Waals surface area contributed by atoms with Crippen LogP contribution in [-0.2, 0) is 23.9 Å². The third kappa shape index (κ3) is 16.9. The van der Waals surface area contributed by atoms with Crippen molar-refractivity contribution in [2.75, 3.05) is 7.11 Å². The maximum Gasteiger partial charge on any atom is 0.313 e. The van der Waals surface area contributed by atoms with Gasteiger partial charge in [-0.15, -0.1) is 0 Å². The van der Waals surface area contributed by atoms with Crippen LogP contribution in [0.4, 0.5) is 0 Å². The molecule has 0 saturated carbocycles. The fourth-order valence-electron chi connectivity index (χ4n) is 0.811. The maximum absolute atomic E-state index is 10.5. The summed E-state index contributed by atoms with van der Waals surface area (Å²) in [6, 6.07) is 0. The van der Waals surface area contributed by atoms with Gasteiger partial charge < -0.3 is 9.84 Å². The summed E-state index contributed by atoms with van der Waals surface area (Å²) in [4.78, 5) is 40.6. The lowest BCUT2D eigenvalue weighted by Crippen LogP contribution is -2.05. The van der Waals surface area contributed by atoms with E-state index in [0.29, 0.717) is 6.42 Å². The van der Waals surface area contributed by atoms with Crippen molar-refractivity contribution < 1.29 is 29.0 Å². The van der Waals surface area contributed by atoms with Crippen LogP contribution in [0.25, 0.3) is 0 Å². The van der Waals surface area contributed by atoms with Crippen molar-refractivity contribution in [3.05, 3.63) is 0 Å². The summed E-state index contributed by atoms with van der Waals surface area (Å²) < 4.78 is 4.20. The van der Waals surface area contributed by atoms with Crippen LogP contribution < -0.4 is 0 Å². The minimum atomic E-state index is -1.03. The molecule has 0 aromatic rings. The minimum absolute atomic E-state index is 0.115. The summed E-state index contributed by atoms with van der Waals surface area (Å²) in [5.41, 5.74) is 0. The van der Waals surface area contributed by atoms with Crippen molar-refractivity contribution in [3.8, 4) is 0 Å². The molecule has 0 amide bonds. The summed E-state index contributed by atoms with van der Waals surface area (Å²) in [5, 5.41) is 8.09. The standard InChI is InChI=1S/C6H10O3.C5H8O3/c1-2-3-5(7)4-6(8)9;1-4(6)3-5(7)8-2/h2-4H2,1H3,(H,8,9);3H2,1-2H3. The molecule has 0 rings (SSSR count). The Morgan fingerprint density at radius 2 is 1.65 bits per heavy atom. The first kappa shape index (κ1) is 17.7. The van der Waals surface area contributed by atoms with Crippen molar-refractivity contribution in [2.45, 2.75) is 39.5 Å². The number of ketones is 2. The topological polar surface area (TPSA) is 97.7 Å². The maximum atomic E-state index is 10.5. The lowest BCUT2D eigenvalue weighted by atomic mass is 10.2. The largest absolute Gasteiger partial charge is 0.481 e. The van der Waals surface area contributed by atoms with E-state index < -0.39 is 11.9 Å². The Balaban J connectivity index is 0. The third-order valence-corrected chi connectivity index (χ3v) is 1.50. The normalized spacial score (nSPS) is 8.65. The predicted octanol–water partition coefficient (Wildman–Crippen LogP) is 0.969. The number of hydrogen-bond acceptors (Lipinski definition) is 5. The number of hydrogen-bond donors (Lipinski definition) is 1. The second kappa shape index (κ2) is 10.8. The van der Waals surface area contributed by atoms with E-state index in [9.17, 15) is 19.2 Å². The van der Waals surface area contributed by atoms with E-state index in [2.05, 4.69) is 4.74 Å². The highest BCUT2D eigenvalue weighted by Gasteiger charge is 2.04. The summed E-state index contributed by atoms with van der Waals surface area (Å²) in [5.74, 6) is -1.87. The average molecular weight is 246 g/mol. The van der Waals surface area contributed by atoms with Gasteiger partial charge in [0.25, 0.3) is 0 Å². The van der Waals surface area contributed by atoms with Gasteiger partial charge in [-0.25, -0.2) is 0 Å². The van der Waals surface area contributed by atoms with Gasteiger partial charge in [0.05, 0.1) is 7.11 Å². The van der Waals surface area contributed by atoms with Gasteiger partial charge in [-0.05, 0) is 13.3 Å². The first-order valence-corrected chi connectivity index (χ1v) is 5.13. The number of aliphatic carboxylic acids is 1. The molecule has 0 saturated heterocycles. The van der Waals surface area contributed by atoms with Crippen molar-refractivity contribution in [1.82, 2.24) is 0 Å². The van der Waals surface area contributed by atoms with Crippen molar-refractivity contribution in [3.63, 3.8) is 0 Å². The van der Waals surface area contributed by atoms with Gasteiger partial charge in [0.1, 0.15) is 24.4 Å². The molecule has 0 aromatic heterocycles. The van der Waals surface area contributed by atoms with Crippen LogP contribution in [0.3, 0.4) is 0 Å². The van der Waals surface area contributed by atoms with Gasteiger partial charge in [-0.3, -0.25) is 19.2 Å². The Bertz CT molecular complexity index is 282. The number of carboxylic acids is 1. The second-order valence-electron chi connectivity index (χ2n) is 3.31. The van der Waals surface area contributed by atoms with Crippen LogP contribution >= 0.6 is 0 Å². The Kier molecular flexibility index (Phi) is 11.2. The Hall–Kier alpha value is -1.72. The molecule has 0 radical (unpaired) electrons. The van der Waals surface area contributed by atoms with Crippen molar-refractivity contribution in [2.24, 2.45) is 0 Å². The summed E-state index contributed by atoms with van der Waals surface area (Å²) in [7, 11) is 1.26. The van der Waals surface area contributed by atoms with Crippen LogP contribution in [0.1, 0.15) is 39.5 Å². The van der Waals surface area contributed by atoms with E-state index in [1.54, 1.807) is 0 Å². The number of ether oxygens (including phenoxy) is 1. The zero-order valence-corrected chi connectivity index (χ0v) is 10.3. The lowest BCUT2D eigenvalue weighted by molar-refractivity contribution is -0.143. The van der Waals surface area contributed by atoms with Crippen molar-refractivity contribution >= 4 is 23.5 Å². The molecule has 0 aliphatic rings. The first-order chi connectivity index (χ1) is 7.83. The first-order valence-electron chi connectivity index (χ1n) is 5.13. The lowest BCUT2D eigenvalue weighted by Gasteiger charge is -1.90. The summed E-state index contributed by atoms with van der Waals surface area (Å²) >= 11 is 0. The monoisotopic (exact) mass is 246 g/mol. The molecule has 98 valence electrons. The Labute approximate surface area is 99.9 Å². The average Bonchev–Trinajstić information content (AvgIpc) is 2.16. The van der Waals surface area contributed by atoms with Crippen LogP contribution in [0.2, 0.25) is 0 Å². The van der Waals surface area contributed by atoms with E-state index in [0.717, 1.165) is 6.42 Å². The molecular weight excluding hydrogens is 228 g/mol. The molecule has 0 atom stereocenters. The zero-order chi connectivity index (χ0) is 13.8. The second-order valence-corrected chi connectivity index (χ2v) is 3.31. The van der Waals surface area contributed by atoms with Crippen LogP contribution in [0.5, 0.6) is 0 Å². The molecule has 0 heterocycles.